The van der Waals surface area contributed by atoms with Crippen LogP contribution in [0.4, 0.5) is 4.79 Å². The summed E-state index contributed by atoms with van der Waals surface area (Å²) in [4.78, 5) is 56.1. The Kier molecular flexibility index (Phi) is 14.2. The van der Waals surface area contributed by atoms with Crippen LogP contribution in [0.5, 0.6) is 0 Å². The Morgan fingerprint density at radius 3 is 2.11 bits per heavy atom. The summed E-state index contributed by atoms with van der Waals surface area (Å²) in [6, 6.07) is 13.2. The van der Waals surface area contributed by atoms with Crippen molar-refractivity contribution in [3.05, 3.63) is 77.9 Å². The minimum absolute atomic E-state index is 0.0315. The van der Waals surface area contributed by atoms with Crippen LogP contribution >= 0.6 is 12.6 Å². The number of hydrogen-bond acceptors (Lipinski definition) is 7. The van der Waals surface area contributed by atoms with Gasteiger partial charge in [-0.25, -0.2) is 9.59 Å². The van der Waals surface area contributed by atoms with E-state index in [-0.39, 0.29) is 18.7 Å². The summed E-state index contributed by atoms with van der Waals surface area (Å²) < 4.78 is 11.1. The Labute approximate surface area is 273 Å². The van der Waals surface area contributed by atoms with Crippen LogP contribution in [0, 0.1) is 0 Å². The summed E-state index contributed by atoms with van der Waals surface area (Å²) in [5.74, 6) is -1.70. The summed E-state index contributed by atoms with van der Waals surface area (Å²) >= 11 is 4.35. The van der Waals surface area contributed by atoms with Crippen molar-refractivity contribution in [2.75, 3.05) is 12.3 Å². The molecule has 45 heavy (non-hydrogen) atoms. The second-order valence-electron chi connectivity index (χ2n) is 12.8. The van der Waals surface area contributed by atoms with Crippen molar-refractivity contribution in [2.45, 2.75) is 97.1 Å². The van der Waals surface area contributed by atoms with Crippen LogP contribution in [0.2, 0.25) is 0 Å². The normalized spacial score (nSPS) is 13.5. The number of thiol groups is 1. The average Bonchev–Trinajstić information content (AvgIpc) is 2.96. The summed E-state index contributed by atoms with van der Waals surface area (Å²) in [5, 5.41) is 5.51. The van der Waals surface area contributed by atoms with Gasteiger partial charge in [0.25, 0.3) is 0 Å². The number of carbonyl (C=O) groups excluding carboxylic acids is 4. The zero-order valence-corrected chi connectivity index (χ0v) is 28.5. The molecular formula is C35H49N3O6S. The molecule has 0 heterocycles. The van der Waals surface area contributed by atoms with Crippen LogP contribution in [0.1, 0.15) is 84.0 Å². The molecule has 0 bridgehead atoms. The maximum atomic E-state index is 14.4. The first kappa shape index (κ1) is 37.4. The van der Waals surface area contributed by atoms with E-state index in [1.165, 1.54) is 4.90 Å². The molecular weight excluding hydrogens is 590 g/mol. The quantitative estimate of drug-likeness (QED) is 0.176. The maximum Gasteiger partial charge on any atom is 0.408 e. The molecule has 0 aliphatic heterocycles. The minimum Gasteiger partial charge on any atom is -0.458 e. The lowest BCUT2D eigenvalue weighted by Crippen LogP contribution is -2.55. The number of esters is 1. The third kappa shape index (κ3) is 12.6. The van der Waals surface area contributed by atoms with E-state index >= 15 is 0 Å². The molecule has 2 rings (SSSR count). The molecule has 2 aromatic rings. The van der Waals surface area contributed by atoms with Crippen molar-refractivity contribution in [1.29, 1.82) is 0 Å². The van der Waals surface area contributed by atoms with Gasteiger partial charge in [0, 0.05) is 18.7 Å². The van der Waals surface area contributed by atoms with E-state index in [9.17, 15) is 19.2 Å². The van der Waals surface area contributed by atoms with E-state index in [1.807, 2.05) is 43.3 Å². The predicted molar refractivity (Wildman–Crippen MR) is 181 cm³/mol. The van der Waals surface area contributed by atoms with E-state index in [4.69, 9.17) is 9.47 Å². The molecule has 2 N–H and O–H groups in total. The van der Waals surface area contributed by atoms with Crippen LogP contribution in [0.15, 0.2) is 61.2 Å². The van der Waals surface area contributed by atoms with E-state index in [2.05, 4.69) is 29.8 Å². The molecule has 9 nitrogen and oxygen atoms in total. The average molecular weight is 640 g/mol. The molecule has 0 aromatic heterocycles. The van der Waals surface area contributed by atoms with Gasteiger partial charge in [-0.15, -0.1) is 0 Å². The Morgan fingerprint density at radius 1 is 0.911 bits per heavy atom. The lowest BCUT2D eigenvalue weighted by Gasteiger charge is -2.35. The van der Waals surface area contributed by atoms with Crippen LogP contribution < -0.4 is 10.6 Å². The summed E-state index contributed by atoms with van der Waals surface area (Å²) in [5.41, 5.74) is 0.532. The molecule has 3 unspecified atom stereocenters. The molecule has 0 saturated heterocycles. The van der Waals surface area contributed by atoms with E-state index in [1.54, 1.807) is 65.8 Å². The SMILES string of the molecule is C=Cc1cccc(C(C(=O)NC(Cc2ccccc2)C(=O)OC(C)(C)C)N(CCCC)C(=O)C(CS)NC(=O)OC(C)(C)C)c1. The molecule has 246 valence electrons. The highest BCUT2D eigenvalue weighted by atomic mass is 32.1. The van der Waals surface area contributed by atoms with Crippen molar-refractivity contribution in [2.24, 2.45) is 0 Å². The highest BCUT2D eigenvalue weighted by Crippen LogP contribution is 2.26. The van der Waals surface area contributed by atoms with Gasteiger partial charge < -0.3 is 25.0 Å². The molecule has 0 aliphatic carbocycles. The zero-order chi connectivity index (χ0) is 33.8. The van der Waals surface area contributed by atoms with Crippen molar-refractivity contribution in [3.8, 4) is 0 Å². The highest BCUT2D eigenvalue weighted by Gasteiger charge is 2.38. The Bertz CT molecular complexity index is 1300. The lowest BCUT2D eigenvalue weighted by molar-refractivity contribution is -0.159. The number of rotatable bonds is 14. The number of amides is 3. The van der Waals surface area contributed by atoms with Gasteiger partial charge in [-0.1, -0.05) is 74.5 Å². The van der Waals surface area contributed by atoms with Gasteiger partial charge >= 0.3 is 12.1 Å². The molecule has 0 fully saturated rings. The first-order chi connectivity index (χ1) is 21.1. The monoisotopic (exact) mass is 639 g/mol. The van der Waals surface area contributed by atoms with Gasteiger partial charge in [0.1, 0.15) is 29.3 Å². The fourth-order valence-corrected chi connectivity index (χ4v) is 4.77. The van der Waals surface area contributed by atoms with E-state index in [0.717, 1.165) is 17.5 Å². The summed E-state index contributed by atoms with van der Waals surface area (Å²) in [6.45, 7) is 16.5. The molecule has 3 amide bonds. The van der Waals surface area contributed by atoms with Gasteiger partial charge in [0.05, 0.1) is 0 Å². The minimum atomic E-state index is -1.15. The van der Waals surface area contributed by atoms with Crippen molar-refractivity contribution < 1.29 is 28.7 Å². The van der Waals surface area contributed by atoms with Crippen molar-refractivity contribution in [1.82, 2.24) is 15.5 Å². The number of carbonyl (C=O) groups is 4. The van der Waals surface area contributed by atoms with Crippen molar-refractivity contribution in [3.63, 3.8) is 0 Å². The molecule has 10 heteroatoms. The number of ether oxygens (including phenoxy) is 2. The number of unbranched alkanes of at least 4 members (excludes halogenated alkanes) is 1. The molecule has 0 radical (unpaired) electrons. The zero-order valence-electron chi connectivity index (χ0n) is 27.6. The van der Waals surface area contributed by atoms with Crippen LogP contribution in [0.3, 0.4) is 0 Å². The number of nitrogens with zero attached hydrogens (tertiary/aromatic N) is 1. The second-order valence-corrected chi connectivity index (χ2v) is 13.2. The summed E-state index contributed by atoms with van der Waals surface area (Å²) in [6.07, 6.45) is 2.39. The molecule has 2 aromatic carbocycles. The number of alkyl carbamates (subject to hydrolysis) is 1. The lowest BCUT2D eigenvalue weighted by atomic mass is 9.99. The summed E-state index contributed by atoms with van der Waals surface area (Å²) in [7, 11) is 0. The van der Waals surface area contributed by atoms with Gasteiger partial charge in [0.15, 0.2) is 0 Å². The Morgan fingerprint density at radius 2 is 1.56 bits per heavy atom. The number of nitrogens with one attached hydrogen (secondary N) is 2. The van der Waals surface area contributed by atoms with Gasteiger partial charge in [-0.2, -0.15) is 12.6 Å². The number of benzene rings is 2. The second kappa shape index (κ2) is 17.1. The van der Waals surface area contributed by atoms with Crippen LogP contribution in [0.25, 0.3) is 6.08 Å². The molecule has 3 atom stereocenters. The molecule has 0 saturated carbocycles. The van der Waals surface area contributed by atoms with Crippen LogP contribution in [-0.2, 0) is 30.3 Å². The molecule has 0 spiro atoms. The third-order valence-electron chi connectivity index (χ3n) is 6.52. The predicted octanol–water partition coefficient (Wildman–Crippen LogP) is 5.89. The Balaban J connectivity index is 2.59. The third-order valence-corrected chi connectivity index (χ3v) is 6.89. The van der Waals surface area contributed by atoms with Crippen molar-refractivity contribution >= 4 is 42.6 Å². The standard InChI is InChI=1S/C35H49N3O6S/c1-9-11-20-38(31(40)28(23-45)37-33(42)44-35(6,7)8)29(26-19-15-18-24(10-2)21-26)30(39)36-27(32(41)43-34(3,4)5)22-25-16-13-12-14-17-25/h10,12-19,21,27-29,45H,2,9,11,20,22-23H2,1,3-8H3,(H,36,39)(H,37,42). The maximum absolute atomic E-state index is 14.4. The van der Waals surface area contributed by atoms with E-state index in [0.29, 0.717) is 12.0 Å². The fraction of sp³-hybridized carbons (Fsp3) is 0.486. The highest BCUT2D eigenvalue weighted by molar-refractivity contribution is 7.80. The van der Waals surface area contributed by atoms with Gasteiger partial charge in [0.2, 0.25) is 11.8 Å². The molecule has 0 aliphatic rings. The largest absolute Gasteiger partial charge is 0.458 e. The Hall–Kier alpha value is -3.79. The first-order valence-electron chi connectivity index (χ1n) is 15.3. The van der Waals surface area contributed by atoms with Gasteiger partial charge in [-0.3, -0.25) is 9.59 Å². The van der Waals surface area contributed by atoms with Gasteiger partial charge in [-0.05, 0) is 70.7 Å². The number of hydrogen-bond donors (Lipinski definition) is 3. The first-order valence-corrected chi connectivity index (χ1v) is 15.9. The van der Waals surface area contributed by atoms with E-state index < -0.39 is 53.2 Å². The fourth-order valence-electron chi connectivity index (χ4n) is 4.53. The topological polar surface area (TPSA) is 114 Å². The smallest absolute Gasteiger partial charge is 0.408 e. The van der Waals surface area contributed by atoms with Crippen LogP contribution in [-0.4, -0.2) is 64.4 Å².